The second-order valence-electron chi connectivity index (χ2n) is 5.98. The molecule has 2 N–H and O–H groups in total. The average Bonchev–Trinajstić information content (AvgIpc) is 2.83. The van der Waals surface area contributed by atoms with Gasteiger partial charge in [0.25, 0.3) is 5.56 Å². The van der Waals surface area contributed by atoms with Crippen LogP contribution in [0.4, 0.5) is 18.9 Å². The van der Waals surface area contributed by atoms with Crippen LogP contribution in [0.15, 0.2) is 35.1 Å². The Morgan fingerprint density at radius 3 is 2.18 bits per heavy atom. The van der Waals surface area contributed by atoms with Crippen LogP contribution < -0.4 is 16.2 Å². The molecule has 0 saturated heterocycles. The molecular weight excluding hydrogens is 381 g/mol. The van der Waals surface area contributed by atoms with Crippen molar-refractivity contribution in [2.45, 2.75) is 25.7 Å². The summed E-state index contributed by atoms with van der Waals surface area (Å²) in [7, 11) is 2.22. The van der Waals surface area contributed by atoms with Crippen molar-refractivity contribution in [3.8, 4) is 5.69 Å². The third-order valence-electron chi connectivity index (χ3n) is 4.15. The van der Waals surface area contributed by atoms with Gasteiger partial charge in [0.1, 0.15) is 5.69 Å². The number of ether oxygens (including phenoxy) is 1. The molecule has 1 heterocycles. The van der Waals surface area contributed by atoms with Gasteiger partial charge in [-0.05, 0) is 19.1 Å². The number of esters is 1. The Hall–Kier alpha value is -3.24. The Kier molecular flexibility index (Phi) is 5.57. The lowest BCUT2D eigenvalue weighted by Crippen LogP contribution is -2.69. The molecule has 1 unspecified atom stereocenters. The van der Waals surface area contributed by atoms with Crippen LogP contribution in [0, 0.1) is 6.92 Å². The maximum absolute atomic E-state index is 13.9. The lowest BCUT2D eigenvalue weighted by atomic mass is 10.1. The van der Waals surface area contributed by atoms with E-state index in [1.807, 2.05) is 5.32 Å². The average molecular weight is 400 g/mol. The van der Waals surface area contributed by atoms with Crippen molar-refractivity contribution >= 4 is 17.6 Å². The van der Waals surface area contributed by atoms with Gasteiger partial charge in [-0.25, -0.2) is 9.48 Å². The van der Waals surface area contributed by atoms with E-state index in [9.17, 15) is 27.6 Å². The molecule has 8 nitrogen and oxygen atoms in total. The van der Waals surface area contributed by atoms with E-state index in [-0.39, 0.29) is 5.69 Å². The number of amides is 1. The second kappa shape index (κ2) is 7.41. The Labute approximate surface area is 157 Å². The van der Waals surface area contributed by atoms with Gasteiger partial charge in [0, 0.05) is 14.0 Å². The summed E-state index contributed by atoms with van der Waals surface area (Å²) in [6, 6.07) is 8.21. The van der Waals surface area contributed by atoms with Crippen LogP contribution >= 0.6 is 0 Å². The molecule has 1 amide bonds. The Morgan fingerprint density at radius 2 is 1.71 bits per heavy atom. The lowest BCUT2D eigenvalue weighted by molar-refractivity contribution is -0.206. The lowest BCUT2D eigenvalue weighted by Gasteiger charge is -2.34. The molecule has 0 aliphatic heterocycles. The fraction of sp³-hybridized carbons (Fsp3) is 0.353. The summed E-state index contributed by atoms with van der Waals surface area (Å²) in [5.41, 5.74) is -4.47. The van der Waals surface area contributed by atoms with Gasteiger partial charge in [0.2, 0.25) is 5.91 Å². The van der Waals surface area contributed by atoms with Crippen molar-refractivity contribution in [1.82, 2.24) is 14.7 Å². The molecular formula is C17H19F3N4O4. The number of anilines is 1. The number of aromatic nitrogens is 2. The highest BCUT2D eigenvalue weighted by molar-refractivity contribution is 5.90. The normalized spacial score (nSPS) is 13.5. The second-order valence-corrected chi connectivity index (χ2v) is 5.98. The van der Waals surface area contributed by atoms with Crippen molar-refractivity contribution in [2.75, 3.05) is 12.4 Å². The Balaban J connectivity index is 2.71. The maximum Gasteiger partial charge on any atom is 0.441 e. The minimum atomic E-state index is -5.31. The minimum absolute atomic E-state index is 0.108. The molecule has 1 aromatic heterocycles. The van der Waals surface area contributed by atoms with E-state index in [0.717, 1.165) is 18.7 Å². The zero-order valence-electron chi connectivity index (χ0n) is 15.5. The van der Waals surface area contributed by atoms with Gasteiger partial charge < -0.3 is 15.4 Å². The standard InChI is InChI=1S/C17H19F3N4O4/c1-10-13(14(26)24(23(10)3)12-8-6-5-7-9-12)22-16(15(27)28-4,17(18,19)20)21-11(2)25/h5-9,22H,1-4H3,(H,21,25). The number of carbonyl (C=O) groups is 2. The zero-order chi connectivity index (χ0) is 21.3. The first-order valence-electron chi connectivity index (χ1n) is 8.02. The van der Waals surface area contributed by atoms with Gasteiger partial charge in [0.15, 0.2) is 0 Å². The van der Waals surface area contributed by atoms with E-state index in [2.05, 4.69) is 4.74 Å². The van der Waals surface area contributed by atoms with E-state index in [1.165, 1.54) is 18.7 Å². The zero-order valence-corrected chi connectivity index (χ0v) is 15.5. The molecule has 152 valence electrons. The quantitative estimate of drug-likeness (QED) is 0.586. The number of methoxy groups -OCH3 is 1. The molecule has 0 bridgehead atoms. The number of hydrogen-bond donors (Lipinski definition) is 2. The first kappa shape index (κ1) is 21.1. The minimum Gasteiger partial charge on any atom is -0.466 e. The van der Waals surface area contributed by atoms with E-state index < -0.39 is 35.0 Å². The highest BCUT2D eigenvalue weighted by atomic mass is 19.4. The van der Waals surface area contributed by atoms with Crippen LogP contribution in [0.5, 0.6) is 0 Å². The first-order chi connectivity index (χ1) is 13.0. The van der Waals surface area contributed by atoms with Gasteiger partial charge in [-0.3, -0.25) is 14.3 Å². The van der Waals surface area contributed by atoms with Crippen LogP contribution in [-0.4, -0.2) is 40.2 Å². The summed E-state index contributed by atoms with van der Waals surface area (Å²) in [5.74, 6) is -2.96. The number of para-hydroxylation sites is 1. The van der Waals surface area contributed by atoms with Crippen LogP contribution in [-0.2, 0) is 21.4 Å². The number of rotatable bonds is 5. The summed E-state index contributed by atoms with van der Waals surface area (Å²) in [5, 5.41) is 3.44. The molecule has 0 saturated carbocycles. The molecule has 0 radical (unpaired) electrons. The maximum atomic E-state index is 13.9. The highest BCUT2D eigenvalue weighted by Gasteiger charge is 2.63. The van der Waals surface area contributed by atoms with E-state index in [4.69, 9.17) is 0 Å². The summed E-state index contributed by atoms with van der Waals surface area (Å²) in [6.07, 6.45) is -5.31. The number of alkyl halides is 3. The van der Waals surface area contributed by atoms with Crippen molar-refractivity contribution in [3.05, 3.63) is 46.4 Å². The van der Waals surface area contributed by atoms with E-state index >= 15 is 0 Å². The first-order valence-corrected chi connectivity index (χ1v) is 8.02. The number of halogens is 3. The Morgan fingerprint density at radius 1 is 1.14 bits per heavy atom. The molecule has 0 spiro atoms. The van der Waals surface area contributed by atoms with Crippen molar-refractivity contribution in [1.29, 1.82) is 0 Å². The molecule has 0 fully saturated rings. The monoisotopic (exact) mass is 400 g/mol. The highest BCUT2D eigenvalue weighted by Crippen LogP contribution is 2.33. The van der Waals surface area contributed by atoms with Gasteiger partial charge in [0.05, 0.1) is 18.5 Å². The summed E-state index contributed by atoms with van der Waals surface area (Å²) in [4.78, 5) is 36.4. The molecule has 28 heavy (non-hydrogen) atoms. The third-order valence-corrected chi connectivity index (χ3v) is 4.15. The number of nitrogens with zero attached hydrogens (tertiary/aromatic N) is 2. The topological polar surface area (TPSA) is 94.4 Å². The van der Waals surface area contributed by atoms with Crippen molar-refractivity contribution in [2.24, 2.45) is 7.05 Å². The molecule has 2 aromatic rings. The van der Waals surface area contributed by atoms with Crippen LogP contribution in [0.1, 0.15) is 12.6 Å². The van der Waals surface area contributed by atoms with Gasteiger partial charge in [-0.2, -0.15) is 13.2 Å². The largest absolute Gasteiger partial charge is 0.466 e. The van der Waals surface area contributed by atoms with Gasteiger partial charge in [-0.1, -0.05) is 18.2 Å². The summed E-state index contributed by atoms with van der Waals surface area (Å²) < 4.78 is 48.3. The van der Waals surface area contributed by atoms with Gasteiger partial charge >= 0.3 is 17.8 Å². The number of carbonyl (C=O) groups excluding carboxylic acids is 2. The number of nitrogens with one attached hydrogen (secondary N) is 2. The van der Waals surface area contributed by atoms with Crippen LogP contribution in [0.25, 0.3) is 5.69 Å². The number of benzene rings is 1. The molecule has 2 rings (SSSR count). The van der Waals surface area contributed by atoms with E-state index in [0.29, 0.717) is 5.69 Å². The smallest absolute Gasteiger partial charge is 0.441 e. The Bertz CT molecular complexity index is 950. The molecule has 0 aliphatic carbocycles. The molecule has 0 aliphatic rings. The summed E-state index contributed by atoms with van der Waals surface area (Å²) in [6.45, 7) is 2.21. The molecule has 11 heteroatoms. The van der Waals surface area contributed by atoms with E-state index in [1.54, 1.807) is 35.6 Å². The predicted octanol–water partition coefficient (Wildman–Crippen LogP) is 1.46. The van der Waals surface area contributed by atoms with Crippen LogP contribution in [0.3, 0.4) is 0 Å². The molecule has 1 aromatic carbocycles. The van der Waals surface area contributed by atoms with Crippen molar-refractivity contribution < 1.29 is 27.5 Å². The summed E-state index contributed by atoms with van der Waals surface area (Å²) >= 11 is 0. The SMILES string of the molecule is COC(=O)C(NC(C)=O)(Nc1c(C)n(C)n(-c2ccccc2)c1=O)C(F)(F)F. The third kappa shape index (κ3) is 3.47. The fourth-order valence-corrected chi connectivity index (χ4v) is 2.71. The molecule has 1 atom stereocenters. The van der Waals surface area contributed by atoms with Crippen LogP contribution in [0.2, 0.25) is 0 Å². The fourth-order valence-electron chi connectivity index (χ4n) is 2.71. The van der Waals surface area contributed by atoms with Crippen molar-refractivity contribution in [3.63, 3.8) is 0 Å². The predicted molar refractivity (Wildman–Crippen MR) is 94.0 cm³/mol. The number of hydrogen-bond acceptors (Lipinski definition) is 5. The van der Waals surface area contributed by atoms with Gasteiger partial charge in [-0.15, -0.1) is 0 Å².